The van der Waals surface area contributed by atoms with Crippen molar-refractivity contribution in [1.82, 2.24) is 4.98 Å². The Hall–Kier alpha value is -4.01. The molecule has 1 saturated carbocycles. The van der Waals surface area contributed by atoms with Crippen molar-refractivity contribution in [2.75, 3.05) is 11.9 Å². The number of para-hydroxylation sites is 1. The average Bonchev–Trinajstić information content (AvgIpc) is 2.95. The smallest absolute Gasteiger partial charge is 0.237 e. The summed E-state index contributed by atoms with van der Waals surface area (Å²) in [6, 6.07) is 29.0. The standard InChI is InChI=1S/C31H29N3O2/c32-20-22-10-16-26(17-11-22)34-30(36)31(21-35,24-6-2-1-3-7-24)25-14-12-23(13-15-25)27-18-19-33-29-9-5-4-8-28(27)29/h1-11,16-19,23,25,35H,12-15,21H2,(H,34,36)/t23?,25?,31-/m0/s1. The number of nitrogens with zero attached hydrogens (tertiary/aromatic N) is 2. The number of carbonyl (C=O) groups excluding carboxylic acids is 1. The largest absolute Gasteiger partial charge is 0.395 e. The second-order valence-corrected chi connectivity index (χ2v) is 9.60. The summed E-state index contributed by atoms with van der Waals surface area (Å²) < 4.78 is 0. The van der Waals surface area contributed by atoms with Gasteiger partial charge in [0, 0.05) is 17.3 Å². The van der Waals surface area contributed by atoms with E-state index in [0.29, 0.717) is 17.2 Å². The number of anilines is 1. The normalized spacial score (nSPS) is 19.2. The number of carbonyl (C=O) groups is 1. The lowest BCUT2D eigenvalue weighted by Gasteiger charge is -2.42. The zero-order valence-corrected chi connectivity index (χ0v) is 20.1. The number of pyridine rings is 1. The Morgan fingerprint density at radius 1 is 0.944 bits per heavy atom. The van der Waals surface area contributed by atoms with Gasteiger partial charge in [0.05, 0.1) is 23.8 Å². The first kappa shape index (κ1) is 23.7. The van der Waals surface area contributed by atoms with Crippen LogP contribution in [0.25, 0.3) is 10.9 Å². The van der Waals surface area contributed by atoms with Crippen LogP contribution in [0.15, 0.2) is 91.1 Å². The van der Waals surface area contributed by atoms with E-state index in [1.807, 2.05) is 48.7 Å². The van der Waals surface area contributed by atoms with Crippen LogP contribution in [0.5, 0.6) is 0 Å². The first-order chi connectivity index (χ1) is 17.7. The summed E-state index contributed by atoms with van der Waals surface area (Å²) in [6.07, 6.45) is 5.43. The zero-order valence-electron chi connectivity index (χ0n) is 20.1. The molecule has 0 unspecified atom stereocenters. The third-order valence-electron chi connectivity index (χ3n) is 7.76. The summed E-state index contributed by atoms with van der Waals surface area (Å²) in [5.74, 6) is 0.175. The number of aromatic nitrogens is 1. The number of hydrogen-bond acceptors (Lipinski definition) is 4. The number of nitrogens with one attached hydrogen (secondary N) is 1. The summed E-state index contributed by atoms with van der Waals surface area (Å²) in [5.41, 5.74) is 3.25. The maximum absolute atomic E-state index is 13.9. The van der Waals surface area contributed by atoms with Crippen LogP contribution < -0.4 is 5.32 Å². The summed E-state index contributed by atoms with van der Waals surface area (Å²) in [6.45, 7) is -0.271. The van der Waals surface area contributed by atoms with Gasteiger partial charge in [-0.15, -0.1) is 0 Å². The van der Waals surface area contributed by atoms with Gasteiger partial charge in [-0.25, -0.2) is 0 Å². The third-order valence-corrected chi connectivity index (χ3v) is 7.76. The van der Waals surface area contributed by atoms with Crippen LogP contribution in [0.2, 0.25) is 0 Å². The quantitative estimate of drug-likeness (QED) is 0.361. The van der Waals surface area contributed by atoms with E-state index in [1.165, 1.54) is 10.9 Å². The fraction of sp³-hybridized carbons (Fsp3) is 0.258. The highest BCUT2D eigenvalue weighted by molar-refractivity contribution is 5.99. The van der Waals surface area contributed by atoms with E-state index in [4.69, 9.17) is 5.26 Å². The van der Waals surface area contributed by atoms with Gasteiger partial charge in [-0.1, -0.05) is 48.5 Å². The highest BCUT2D eigenvalue weighted by Gasteiger charge is 2.48. The van der Waals surface area contributed by atoms with E-state index in [0.717, 1.165) is 36.8 Å². The minimum absolute atomic E-state index is 0.00682. The third kappa shape index (κ3) is 4.36. The highest BCUT2D eigenvalue weighted by atomic mass is 16.3. The summed E-state index contributed by atoms with van der Waals surface area (Å²) in [5, 5.41) is 24.1. The molecule has 1 aliphatic rings. The van der Waals surface area contributed by atoms with Crippen LogP contribution in [0, 0.1) is 17.2 Å². The second-order valence-electron chi connectivity index (χ2n) is 9.60. The fourth-order valence-electron chi connectivity index (χ4n) is 5.82. The minimum atomic E-state index is -1.06. The Morgan fingerprint density at radius 3 is 2.33 bits per heavy atom. The van der Waals surface area contributed by atoms with E-state index in [-0.39, 0.29) is 18.4 Å². The summed E-state index contributed by atoms with van der Waals surface area (Å²) >= 11 is 0. The molecule has 1 aliphatic carbocycles. The molecule has 0 radical (unpaired) electrons. The lowest BCUT2D eigenvalue weighted by molar-refractivity contribution is -0.126. The lowest BCUT2D eigenvalue weighted by atomic mass is 9.62. The van der Waals surface area contributed by atoms with Gasteiger partial charge in [0.25, 0.3) is 0 Å². The van der Waals surface area contributed by atoms with Crippen molar-refractivity contribution in [3.05, 3.63) is 108 Å². The van der Waals surface area contributed by atoms with Crippen LogP contribution in [-0.4, -0.2) is 22.6 Å². The van der Waals surface area contributed by atoms with Crippen LogP contribution >= 0.6 is 0 Å². The topological polar surface area (TPSA) is 86.0 Å². The Morgan fingerprint density at radius 2 is 1.64 bits per heavy atom. The highest BCUT2D eigenvalue weighted by Crippen LogP contribution is 2.46. The molecule has 1 amide bonds. The van der Waals surface area contributed by atoms with Gasteiger partial charge >= 0.3 is 0 Å². The van der Waals surface area contributed by atoms with E-state index < -0.39 is 5.41 Å². The Labute approximate surface area is 211 Å². The lowest BCUT2D eigenvalue weighted by Crippen LogP contribution is -2.50. The maximum atomic E-state index is 13.9. The number of hydrogen-bond donors (Lipinski definition) is 2. The Bertz CT molecular complexity index is 1380. The molecule has 180 valence electrons. The molecule has 5 heteroatoms. The molecule has 0 spiro atoms. The number of rotatable bonds is 6. The molecule has 0 aliphatic heterocycles. The average molecular weight is 476 g/mol. The van der Waals surface area contributed by atoms with Crippen LogP contribution in [-0.2, 0) is 10.2 Å². The summed E-state index contributed by atoms with van der Waals surface area (Å²) in [4.78, 5) is 18.4. The minimum Gasteiger partial charge on any atom is -0.395 e. The van der Waals surface area contributed by atoms with E-state index >= 15 is 0 Å². The van der Waals surface area contributed by atoms with Crippen LogP contribution in [0.4, 0.5) is 5.69 Å². The molecule has 5 nitrogen and oxygen atoms in total. The number of benzene rings is 3. The molecular formula is C31H29N3O2. The molecule has 36 heavy (non-hydrogen) atoms. The number of aliphatic hydroxyl groups excluding tert-OH is 1. The maximum Gasteiger partial charge on any atom is 0.237 e. The number of fused-ring (bicyclic) bond motifs is 1. The van der Waals surface area contributed by atoms with Gasteiger partial charge in [0.15, 0.2) is 0 Å². The SMILES string of the molecule is N#Cc1ccc(NC(=O)[C@@](CO)(c2ccccc2)C2CCC(c3ccnc4ccccc34)CC2)cc1. The van der Waals surface area contributed by atoms with E-state index in [2.05, 4.69) is 34.6 Å². The van der Waals surface area contributed by atoms with E-state index in [9.17, 15) is 9.90 Å². The van der Waals surface area contributed by atoms with E-state index in [1.54, 1.807) is 24.3 Å². The van der Waals surface area contributed by atoms with Gasteiger partial charge in [-0.2, -0.15) is 5.26 Å². The monoisotopic (exact) mass is 475 g/mol. The van der Waals surface area contributed by atoms with Gasteiger partial charge < -0.3 is 10.4 Å². The molecule has 0 saturated heterocycles. The number of amides is 1. The molecule has 1 heterocycles. The molecule has 0 bridgehead atoms. The molecular weight excluding hydrogens is 446 g/mol. The predicted molar refractivity (Wildman–Crippen MR) is 141 cm³/mol. The first-order valence-corrected chi connectivity index (χ1v) is 12.5. The fourth-order valence-corrected chi connectivity index (χ4v) is 5.82. The predicted octanol–water partition coefficient (Wildman–Crippen LogP) is 5.95. The number of nitriles is 1. The van der Waals surface area contributed by atoms with Gasteiger partial charge in [0.2, 0.25) is 5.91 Å². The summed E-state index contributed by atoms with van der Waals surface area (Å²) in [7, 11) is 0. The van der Waals surface area contributed by atoms with Crippen molar-refractivity contribution in [3.8, 4) is 6.07 Å². The second kappa shape index (κ2) is 10.3. The van der Waals surface area contributed by atoms with Crippen molar-refractivity contribution < 1.29 is 9.90 Å². The molecule has 1 fully saturated rings. The van der Waals surface area contributed by atoms with Crippen molar-refractivity contribution in [3.63, 3.8) is 0 Å². The van der Waals surface area contributed by atoms with Crippen molar-refractivity contribution in [2.45, 2.75) is 37.0 Å². The molecule has 1 atom stereocenters. The van der Waals surface area contributed by atoms with Gasteiger partial charge in [0.1, 0.15) is 5.41 Å². The van der Waals surface area contributed by atoms with Crippen molar-refractivity contribution >= 4 is 22.5 Å². The zero-order chi connectivity index (χ0) is 25.0. The van der Waals surface area contributed by atoms with Crippen LogP contribution in [0.1, 0.15) is 48.3 Å². The van der Waals surface area contributed by atoms with Crippen LogP contribution in [0.3, 0.4) is 0 Å². The van der Waals surface area contributed by atoms with Gasteiger partial charge in [-0.05, 0) is 85.0 Å². The van der Waals surface area contributed by atoms with Crippen molar-refractivity contribution in [2.24, 2.45) is 5.92 Å². The number of aliphatic hydroxyl groups is 1. The molecule has 5 rings (SSSR count). The van der Waals surface area contributed by atoms with Crippen molar-refractivity contribution in [1.29, 1.82) is 5.26 Å². The molecule has 4 aromatic rings. The first-order valence-electron chi connectivity index (χ1n) is 12.5. The molecule has 3 aromatic carbocycles. The molecule has 1 aromatic heterocycles. The molecule has 2 N–H and O–H groups in total. The van der Waals surface area contributed by atoms with Gasteiger partial charge in [-0.3, -0.25) is 9.78 Å². The Kier molecular flexibility index (Phi) is 6.79. The Balaban J connectivity index is 1.43.